The van der Waals surface area contributed by atoms with Crippen LogP contribution in [-0.2, 0) is 20.7 Å². The molecule has 0 aromatic heterocycles. The molecule has 26 heavy (non-hydrogen) atoms. The molecule has 1 saturated heterocycles. The highest BCUT2D eigenvalue weighted by atomic mass is 35.5. The lowest BCUT2D eigenvalue weighted by molar-refractivity contribution is -0.157. The molecule has 1 aromatic rings. The van der Waals surface area contributed by atoms with Crippen molar-refractivity contribution < 1.29 is 19.4 Å². The van der Waals surface area contributed by atoms with Crippen LogP contribution in [-0.4, -0.2) is 36.0 Å². The van der Waals surface area contributed by atoms with E-state index in [1.807, 2.05) is 45.0 Å². The van der Waals surface area contributed by atoms with Gasteiger partial charge in [0.05, 0.1) is 19.3 Å². The lowest BCUT2D eigenvalue weighted by atomic mass is 9.81. The first-order valence-electron chi connectivity index (χ1n) is 9.45. The third-order valence-electron chi connectivity index (χ3n) is 4.78. The van der Waals surface area contributed by atoms with E-state index in [0.717, 1.165) is 25.7 Å². The van der Waals surface area contributed by atoms with Gasteiger partial charge in [-0.15, -0.1) is 0 Å². The molecule has 0 radical (unpaired) electrons. The van der Waals surface area contributed by atoms with Crippen LogP contribution < -0.4 is 0 Å². The molecule has 1 aromatic carbocycles. The number of carbonyl (C=O) groups is 1. The Bertz CT molecular complexity index is 564. The van der Waals surface area contributed by atoms with Crippen LogP contribution in [0.1, 0.15) is 52.0 Å². The van der Waals surface area contributed by atoms with E-state index >= 15 is 0 Å². The fourth-order valence-corrected chi connectivity index (χ4v) is 3.61. The quantitative estimate of drug-likeness (QED) is 0.766. The van der Waals surface area contributed by atoms with Gasteiger partial charge >= 0.3 is 5.97 Å². The fourth-order valence-electron chi connectivity index (χ4n) is 3.48. The van der Waals surface area contributed by atoms with E-state index in [4.69, 9.17) is 21.1 Å². The minimum atomic E-state index is -0.469. The van der Waals surface area contributed by atoms with E-state index in [0.29, 0.717) is 18.1 Å². The molecule has 0 bridgehead atoms. The van der Waals surface area contributed by atoms with Crippen LogP contribution in [0, 0.1) is 11.8 Å². The molecule has 1 aliphatic heterocycles. The molecule has 1 fully saturated rings. The van der Waals surface area contributed by atoms with Crippen molar-refractivity contribution >= 4 is 17.6 Å². The van der Waals surface area contributed by atoms with Gasteiger partial charge in [-0.1, -0.05) is 30.2 Å². The van der Waals surface area contributed by atoms with Crippen molar-refractivity contribution in [2.75, 3.05) is 13.2 Å². The summed E-state index contributed by atoms with van der Waals surface area (Å²) in [6.45, 7) is 6.27. The van der Waals surface area contributed by atoms with Crippen molar-refractivity contribution in [1.29, 1.82) is 0 Å². The number of carbonyl (C=O) groups excluding carboxylic acids is 1. The van der Waals surface area contributed by atoms with Gasteiger partial charge in [-0.05, 0) is 69.6 Å². The SMILES string of the molecule is CC(C)(C)OC(=O)CC1CCC[C@H](CO)OC[C@@H]1Cc1ccc(Cl)cc1. The topological polar surface area (TPSA) is 55.8 Å². The minimum absolute atomic E-state index is 0.0460. The molecule has 4 nitrogen and oxygen atoms in total. The summed E-state index contributed by atoms with van der Waals surface area (Å²) in [5.74, 6) is 0.265. The van der Waals surface area contributed by atoms with Crippen molar-refractivity contribution in [2.45, 2.75) is 64.6 Å². The first-order valence-corrected chi connectivity index (χ1v) is 9.83. The molecule has 0 amide bonds. The third kappa shape index (κ3) is 7.26. The lowest BCUT2D eigenvalue weighted by Crippen LogP contribution is -2.33. The van der Waals surface area contributed by atoms with Crippen molar-refractivity contribution in [3.8, 4) is 0 Å². The predicted octanol–water partition coefficient (Wildman–Crippen LogP) is 4.41. The largest absolute Gasteiger partial charge is 0.460 e. The fraction of sp³-hybridized carbons (Fsp3) is 0.667. The molecule has 2 rings (SSSR count). The van der Waals surface area contributed by atoms with Gasteiger partial charge in [0.1, 0.15) is 5.60 Å². The maximum absolute atomic E-state index is 12.4. The average molecular weight is 383 g/mol. The number of ether oxygens (including phenoxy) is 2. The van der Waals surface area contributed by atoms with E-state index in [9.17, 15) is 9.90 Å². The van der Waals surface area contributed by atoms with Crippen LogP contribution >= 0.6 is 11.6 Å². The number of aliphatic hydroxyl groups excluding tert-OH is 1. The first kappa shape index (κ1) is 21.2. The number of halogens is 1. The summed E-state index contributed by atoms with van der Waals surface area (Å²) < 4.78 is 11.5. The number of benzene rings is 1. The van der Waals surface area contributed by atoms with Gasteiger partial charge < -0.3 is 14.6 Å². The van der Waals surface area contributed by atoms with E-state index in [1.165, 1.54) is 5.56 Å². The van der Waals surface area contributed by atoms with Gasteiger partial charge in [-0.2, -0.15) is 0 Å². The molecule has 146 valence electrons. The van der Waals surface area contributed by atoms with E-state index in [-0.39, 0.29) is 30.5 Å². The van der Waals surface area contributed by atoms with E-state index < -0.39 is 5.60 Å². The molecule has 1 aliphatic rings. The van der Waals surface area contributed by atoms with Gasteiger partial charge in [0.2, 0.25) is 0 Å². The summed E-state index contributed by atoms with van der Waals surface area (Å²) in [7, 11) is 0. The maximum Gasteiger partial charge on any atom is 0.306 e. The van der Waals surface area contributed by atoms with Gasteiger partial charge in [0.15, 0.2) is 0 Å². The van der Waals surface area contributed by atoms with Crippen LogP contribution in [0.15, 0.2) is 24.3 Å². The molecular weight excluding hydrogens is 352 g/mol. The number of hydrogen-bond donors (Lipinski definition) is 1. The highest BCUT2D eigenvalue weighted by Crippen LogP contribution is 2.31. The van der Waals surface area contributed by atoms with Gasteiger partial charge in [0, 0.05) is 11.4 Å². The summed E-state index contributed by atoms with van der Waals surface area (Å²) in [5.41, 5.74) is 0.710. The van der Waals surface area contributed by atoms with Crippen LogP contribution in [0.4, 0.5) is 0 Å². The molecule has 3 atom stereocenters. The van der Waals surface area contributed by atoms with Crippen LogP contribution in [0.5, 0.6) is 0 Å². The maximum atomic E-state index is 12.4. The molecule has 0 saturated carbocycles. The van der Waals surface area contributed by atoms with Gasteiger partial charge in [-0.3, -0.25) is 4.79 Å². The smallest absolute Gasteiger partial charge is 0.306 e. The monoisotopic (exact) mass is 382 g/mol. The molecular formula is C21H31ClO4. The molecule has 1 heterocycles. The van der Waals surface area contributed by atoms with Gasteiger partial charge in [-0.25, -0.2) is 0 Å². The van der Waals surface area contributed by atoms with Crippen LogP contribution in [0.25, 0.3) is 0 Å². The Morgan fingerprint density at radius 3 is 2.54 bits per heavy atom. The number of hydrogen-bond acceptors (Lipinski definition) is 4. The zero-order valence-corrected chi connectivity index (χ0v) is 16.8. The second kappa shape index (κ2) is 9.72. The highest BCUT2D eigenvalue weighted by Gasteiger charge is 2.29. The molecule has 5 heteroatoms. The average Bonchev–Trinajstić information content (AvgIpc) is 2.53. The molecule has 0 aliphatic carbocycles. The van der Waals surface area contributed by atoms with Crippen molar-refractivity contribution in [3.63, 3.8) is 0 Å². The second-order valence-electron chi connectivity index (χ2n) is 8.21. The Labute approximate surface area is 161 Å². The van der Waals surface area contributed by atoms with E-state index in [1.54, 1.807) is 0 Å². The lowest BCUT2D eigenvalue weighted by Gasteiger charge is -2.32. The predicted molar refractivity (Wildman–Crippen MR) is 103 cm³/mol. The Morgan fingerprint density at radius 1 is 1.23 bits per heavy atom. The normalized spacial score (nSPS) is 24.6. The number of rotatable bonds is 5. The summed E-state index contributed by atoms with van der Waals surface area (Å²) in [6.07, 6.45) is 3.83. The van der Waals surface area contributed by atoms with E-state index in [2.05, 4.69) is 0 Å². The highest BCUT2D eigenvalue weighted by molar-refractivity contribution is 6.30. The van der Waals surface area contributed by atoms with Crippen molar-refractivity contribution in [3.05, 3.63) is 34.9 Å². The van der Waals surface area contributed by atoms with Crippen LogP contribution in [0.3, 0.4) is 0 Å². The summed E-state index contributed by atoms with van der Waals surface area (Å²) in [5, 5.41) is 10.2. The van der Waals surface area contributed by atoms with Crippen molar-refractivity contribution in [1.82, 2.24) is 0 Å². The van der Waals surface area contributed by atoms with Crippen molar-refractivity contribution in [2.24, 2.45) is 11.8 Å². The Morgan fingerprint density at radius 2 is 1.92 bits per heavy atom. The molecule has 1 unspecified atom stereocenters. The number of esters is 1. The summed E-state index contributed by atoms with van der Waals surface area (Å²) in [6, 6.07) is 7.82. The standard InChI is InChI=1S/C21H31ClO4/c1-21(2,3)26-20(24)12-16-5-4-6-19(13-23)25-14-17(16)11-15-7-9-18(22)10-8-15/h7-10,16-17,19,23H,4-6,11-14H2,1-3H3/t16?,17-,19+/m0/s1. The summed E-state index contributed by atoms with van der Waals surface area (Å²) >= 11 is 5.99. The van der Waals surface area contributed by atoms with Crippen LogP contribution in [0.2, 0.25) is 5.02 Å². The minimum Gasteiger partial charge on any atom is -0.460 e. The third-order valence-corrected chi connectivity index (χ3v) is 5.03. The summed E-state index contributed by atoms with van der Waals surface area (Å²) in [4.78, 5) is 12.4. The Kier molecular flexibility index (Phi) is 7.93. The molecule has 1 N–H and O–H groups in total. The Hall–Kier alpha value is -1.10. The zero-order chi connectivity index (χ0) is 19.2. The zero-order valence-electron chi connectivity index (χ0n) is 16.0. The Balaban J connectivity index is 2.08. The molecule has 0 spiro atoms. The first-order chi connectivity index (χ1) is 12.3. The van der Waals surface area contributed by atoms with Gasteiger partial charge in [0.25, 0.3) is 0 Å². The number of aliphatic hydroxyl groups is 1. The second-order valence-corrected chi connectivity index (χ2v) is 8.65.